The molecule has 1 fully saturated rings. The van der Waals surface area contributed by atoms with Crippen LogP contribution >= 0.6 is 0 Å². The van der Waals surface area contributed by atoms with Crippen LogP contribution in [0, 0.1) is 0 Å². The first-order valence-corrected chi connectivity index (χ1v) is 4.63. The predicted octanol–water partition coefficient (Wildman–Crippen LogP) is 1.24. The lowest BCUT2D eigenvalue weighted by atomic mass is 10.1. The lowest BCUT2D eigenvalue weighted by Gasteiger charge is -2.31. The summed E-state index contributed by atoms with van der Waals surface area (Å²) < 4.78 is 0. The molecule has 1 aliphatic rings. The number of imide groups is 1. The van der Waals surface area contributed by atoms with E-state index in [0.29, 0.717) is 13.1 Å². The van der Waals surface area contributed by atoms with Crippen LogP contribution in [0.25, 0.3) is 0 Å². The lowest BCUT2D eigenvalue weighted by molar-refractivity contribution is -0.122. The van der Waals surface area contributed by atoms with Gasteiger partial charge in [0, 0.05) is 18.6 Å². The Labute approximate surface area is 84.2 Å². The fourth-order valence-corrected chi connectivity index (χ4v) is 1.47. The molecule has 4 nitrogen and oxygen atoms in total. The standard InChI is InChI=1S/C10H16N2O2/c1-5-8(13)11-6-7-12(9(11)14)10(2,3)4/h5H,1,6-7H2,2-4H3. The highest BCUT2D eigenvalue weighted by Crippen LogP contribution is 2.20. The van der Waals surface area contributed by atoms with Crippen molar-refractivity contribution in [2.45, 2.75) is 26.3 Å². The predicted molar refractivity (Wildman–Crippen MR) is 53.8 cm³/mol. The van der Waals surface area contributed by atoms with Crippen LogP contribution in [0.3, 0.4) is 0 Å². The van der Waals surface area contributed by atoms with E-state index in [1.807, 2.05) is 20.8 Å². The van der Waals surface area contributed by atoms with Gasteiger partial charge < -0.3 is 4.90 Å². The molecule has 0 radical (unpaired) electrons. The molecule has 14 heavy (non-hydrogen) atoms. The summed E-state index contributed by atoms with van der Waals surface area (Å²) in [6.07, 6.45) is 1.17. The third kappa shape index (κ3) is 1.78. The third-order valence-corrected chi connectivity index (χ3v) is 2.26. The van der Waals surface area contributed by atoms with E-state index in [4.69, 9.17) is 0 Å². The molecule has 0 spiro atoms. The molecule has 0 N–H and O–H groups in total. The Hall–Kier alpha value is -1.32. The van der Waals surface area contributed by atoms with Crippen LogP contribution in [0.2, 0.25) is 0 Å². The van der Waals surface area contributed by atoms with Gasteiger partial charge in [0.25, 0.3) is 5.91 Å². The second-order valence-electron chi connectivity index (χ2n) is 4.30. The number of amides is 3. The first kappa shape index (κ1) is 10.8. The number of urea groups is 1. The molecule has 0 aromatic rings. The van der Waals surface area contributed by atoms with Crippen LogP contribution in [0.5, 0.6) is 0 Å². The van der Waals surface area contributed by atoms with E-state index < -0.39 is 0 Å². The fourth-order valence-electron chi connectivity index (χ4n) is 1.47. The summed E-state index contributed by atoms with van der Waals surface area (Å²) >= 11 is 0. The number of rotatable bonds is 1. The molecular weight excluding hydrogens is 180 g/mol. The number of carbonyl (C=O) groups excluding carboxylic acids is 2. The van der Waals surface area contributed by atoms with Crippen molar-refractivity contribution in [2.75, 3.05) is 13.1 Å². The van der Waals surface area contributed by atoms with Crippen molar-refractivity contribution < 1.29 is 9.59 Å². The average Bonchev–Trinajstić information content (AvgIpc) is 2.45. The minimum Gasteiger partial charge on any atom is -0.318 e. The largest absolute Gasteiger partial charge is 0.327 e. The molecule has 0 unspecified atom stereocenters. The van der Waals surface area contributed by atoms with Crippen LogP contribution in [0.4, 0.5) is 4.79 Å². The van der Waals surface area contributed by atoms with Gasteiger partial charge in [-0.05, 0) is 26.8 Å². The molecule has 1 rings (SSSR count). The summed E-state index contributed by atoms with van der Waals surface area (Å²) in [5.41, 5.74) is -0.229. The molecule has 0 aromatic heterocycles. The second-order valence-corrected chi connectivity index (χ2v) is 4.30. The summed E-state index contributed by atoms with van der Waals surface area (Å²) in [6.45, 7) is 10.3. The Morgan fingerprint density at radius 3 is 2.36 bits per heavy atom. The number of nitrogens with zero attached hydrogens (tertiary/aromatic N) is 2. The van der Waals surface area contributed by atoms with E-state index in [-0.39, 0.29) is 17.5 Å². The summed E-state index contributed by atoms with van der Waals surface area (Å²) in [4.78, 5) is 25.9. The summed E-state index contributed by atoms with van der Waals surface area (Å²) in [5, 5.41) is 0. The van der Waals surface area contributed by atoms with E-state index in [2.05, 4.69) is 6.58 Å². The van der Waals surface area contributed by atoms with Crippen LogP contribution < -0.4 is 0 Å². The van der Waals surface area contributed by atoms with Crippen LogP contribution in [0.15, 0.2) is 12.7 Å². The zero-order valence-electron chi connectivity index (χ0n) is 8.91. The van der Waals surface area contributed by atoms with Crippen molar-refractivity contribution in [3.63, 3.8) is 0 Å². The highest BCUT2D eigenvalue weighted by Gasteiger charge is 2.37. The maximum Gasteiger partial charge on any atom is 0.327 e. The molecule has 0 atom stereocenters. The minimum atomic E-state index is -0.318. The molecule has 0 aromatic carbocycles. The van der Waals surface area contributed by atoms with Crippen LogP contribution in [-0.4, -0.2) is 40.4 Å². The SMILES string of the molecule is C=CC(=O)N1CCN(C(C)(C)C)C1=O. The van der Waals surface area contributed by atoms with E-state index in [0.717, 1.165) is 0 Å². The monoisotopic (exact) mass is 196 g/mol. The smallest absolute Gasteiger partial charge is 0.318 e. The maximum absolute atomic E-state index is 11.7. The van der Waals surface area contributed by atoms with Gasteiger partial charge in [0.2, 0.25) is 0 Å². The van der Waals surface area contributed by atoms with Crippen molar-refractivity contribution >= 4 is 11.9 Å². The van der Waals surface area contributed by atoms with Gasteiger partial charge in [-0.1, -0.05) is 6.58 Å². The normalized spacial score (nSPS) is 17.5. The first-order valence-electron chi connectivity index (χ1n) is 4.63. The molecule has 78 valence electrons. The van der Waals surface area contributed by atoms with Gasteiger partial charge in [0.1, 0.15) is 0 Å². The number of hydrogen-bond acceptors (Lipinski definition) is 2. The average molecular weight is 196 g/mol. The maximum atomic E-state index is 11.7. The van der Waals surface area contributed by atoms with E-state index in [1.165, 1.54) is 11.0 Å². The van der Waals surface area contributed by atoms with Gasteiger partial charge in [0.05, 0.1) is 0 Å². The third-order valence-electron chi connectivity index (χ3n) is 2.26. The van der Waals surface area contributed by atoms with Gasteiger partial charge in [-0.25, -0.2) is 4.79 Å². The Morgan fingerprint density at radius 1 is 1.43 bits per heavy atom. The Kier molecular flexibility index (Phi) is 2.64. The van der Waals surface area contributed by atoms with E-state index >= 15 is 0 Å². The van der Waals surface area contributed by atoms with E-state index in [1.54, 1.807) is 4.90 Å². The highest BCUT2D eigenvalue weighted by atomic mass is 16.2. The first-order chi connectivity index (χ1) is 6.38. The lowest BCUT2D eigenvalue weighted by Crippen LogP contribution is -2.45. The Bertz CT molecular complexity index is 278. The van der Waals surface area contributed by atoms with Gasteiger partial charge in [0.15, 0.2) is 0 Å². The highest BCUT2D eigenvalue weighted by molar-refractivity contribution is 6.01. The van der Waals surface area contributed by atoms with Gasteiger partial charge in [-0.2, -0.15) is 0 Å². The van der Waals surface area contributed by atoms with Crippen molar-refractivity contribution in [3.05, 3.63) is 12.7 Å². The van der Waals surface area contributed by atoms with Gasteiger partial charge in [-0.15, -0.1) is 0 Å². The van der Waals surface area contributed by atoms with Gasteiger partial charge in [-0.3, -0.25) is 9.69 Å². The van der Waals surface area contributed by atoms with Crippen LogP contribution in [-0.2, 0) is 4.79 Å². The van der Waals surface area contributed by atoms with Crippen molar-refractivity contribution in [1.82, 2.24) is 9.80 Å². The quantitative estimate of drug-likeness (QED) is 0.592. The number of carbonyl (C=O) groups is 2. The zero-order chi connectivity index (χ0) is 10.9. The fraction of sp³-hybridized carbons (Fsp3) is 0.600. The summed E-state index contributed by atoms with van der Waals surface area (Å²) in [5.74, 6) is -0.318. The molecule has 1 heterocycles. The van der Waals surface area contributed by atoms with Gasteiger partial charge >= 0.3 is 6.03 Å². The molecular formula is C10H16N2O2. The Morgan fingerprint density at radius 2 is 2.00 bits per heavy atom. The molecule has 0 aliphatic carbocycles. The zero-order valence-corrected chi connectivity index (χ0v) is 8.91. The van der Waals surface area contributed by atoms with Crippen molar-refractivity contribution in [3.8, 4) is 0 Å². The summed E-state index contributed by atoms with van der Waals surface area (Å²) in [7, 11) is 0. The summed E-state index contributed by atoms with van der Waals surface area (Å²) in [6, 6.07) is -0.220. The van der Waals surface area contributed by atoms with Crippen molar-refractivity contribution in [2.24, 2.45) is 0 Å². The number of hydrogen-bond donors (Lipinski definition) is 0. The molecule has 0 saturated carbocycles. The molecule has 4 heteroatoms. The van der Waals surface area contributed by atoms with Crippen LogP contribution in [0.1, 0.15) is 20.8 Å². The van der Waals surface area contributed by atoms with E-state index in [9.17, 15) is 9.59 Å². The van der Waals surface area contributed by atoms with Crippen molar-refractivity contribution in [1.29, 1.82) is 0 Å². The molecule has 0 bridgehead atoms. The Balaban J connectivity index is 2.79. The minimum absolute atomic E-state index is 0.220. The molecule has 3 amide bonds. The molecule has 1 aliphatic heterocycles. The molecule has 1 saturated heterocycles. The topological polar surface area (TPSA) is 40.6 Å². The second kappa shape index (κ2) is 3.44.